The van der Waals surface area contributed by atoms with Gasteiger partial charge in [-0.15, -0.1) is 0 Å². The summed E-state index contributed by atoms with van der Waals surface area (Å²) in [7, 11) is 0. The fraction of sp³-hybridized carbons (Fsp3) is 0.571. The number of nitrogen functional groups attached to an aromatic ring is 2. The highest BCUT2D eigenvalue weighted by atomic mass is 32.1. The lowest BCUT2D eigenvalue weighted by Crippen LogP contribution is -2.36. The van der Waals surface area contributed by atoms with Crippen LogP contribution in [0.2, 0.25) is 0 Å². The third-order valence-corrected chi connectivity index (χ3v) is 2.91. The maximum absolute atomic E-state index is 5.62. The van der Waals surface area contributed by atoms with Crippen LogP contribution in [0.15, 0.2) is 0 Å². The molecule has 2 heterocycles. The van der Waals surface area contributed by atoms with Crippen LogP contribution in [-0.4, -0.2) is 31.3 Å². The molecule has 0 unspecified atom stereocenters. The zero-order chi connectivity index (χ0) is 9.26. The first kappa shape index (κ1) is 8.58. The molecule has 13 heavy (non-hydrogen) atoms. The number of thiazole rings is 1. The van der Waals surface area contributed by atoms with E-state index in [1.807, 2.05) is 0 Å². The van der Waals surface area contributed by atoms with Gasteiger partial charge in [0.25, 0.3) is 0 Å². The van der Waals surface area contributed by atoms with Crippen LogP contribution in [-0.2, 0) is 4.74 Å². The quantitative estimate of drug-likeness (QED) is 0.674. The lowest BCUT2D eigenvalue weighted by atomic mass is 10.5. The number of rotatable bonds is 1. The topological polar surface area (TPSA) is 77.4 Å². The summed E-state index contributed by atoms with van der Waals surface area (Å²) in [4.78, 5) is 6.32. The van der Waals surface area contributed by atoms with Gasteiger partial charge in [0.15, 0.2) is 10.9 Å². The van der Waals surface area contributed by atoms with E-state index in [-0.39, 0.29) is 0 Å². The molecule has 1 aliphatic heterocycles. The number of nitrogens with zero attached hydrogens (tertiary/aromatic N) is 2. The Labute approximate surface area is 80.3 Å². The number of nitrogens with two attached hydrogens (primary N) is 2. The second-order valence-corrected chi connectivity index (χ2v) is 3.85. The average Bonchev–Trinajstić information content (AvgIpc) is 2.49. The third kappa shape index (κ3) is 1.68. The van der Waals surface area contributed by atoms with Gasteiger partial charge in [0, 0.05) is 13.1 Å². The summed E-state index contributed by atoms with van der Waals surface area (Å²) >= 11 is 1.43. The van der Waals surface area contributed by atoms with Crippen molar-refractivity contribution in [3.05, 3.63) is 0 Å². The Morgan fingerprint density at radius 3 is 2.54 bits per heavy atom. The number of hydrogen-bond donors (Lipinski definition) is 2. The molecule has 1 aromatic heterocycles. The van der Waals surface area contributed by atoms with E-state index in [0.29, 0.717) is 10.8 Å². The second kappa shape index (κ2) is 3.39. The highest BCUT2D eigenvalue weighted by molar-refractivity contribution is 7.19. The first-order valence-electron chi connectivity index (χ1n) is 4.12. The molecule has 0 saturated carbocycles. The fourth-order valence-corrected chi connectivity index (χ4v) is 2.02. The lowest BCUT2D eigenvalue weighted by molar-refractivity contribution is 0.122. The van der Waals surface area contributed by atoms with Gasteiger partial charge in [0.2, 0.25) is 0 Å². The average molecular weight is 200 g/mol. The predicted molar refractivity (Wildman–Crippen MR) is 54.0 cm³/mol. The normalized spacial score (nSPS) is 17.7. The van der Waals surface area contributed by atoms with Crippen molar-refractivity contribution in [2.45, 2.75) is 0 Å². The summed E-state index contributed by atoms with van der Waals surface area (Å²) in [5, 5.41) is 1.50. The molecule has 0 radical (unpaired) electrons. The van der Waals surface area contributed by atoms with E-state index in [9.17, 15) is 0 Å². The molecule has 0 bridgehead atoms. The smallest absolute Gasteiger partial charge is 0.189 e. The minimum absolute atomic E-state index is 0.437. The van der Waals surface area contributed by atoms with Gasteiger partial charge in [-0.25, -0.2) is 4.98 Å². The van der Waals surface area contributed by atoms with Gasteiger partial charge in [-0.05, 0) is 0 Å². The molecule has 1 aromatic rings. The van der Waals surface area contributed by atoms with Gasteiger partial charge in [0.1, 0.15) is 5.00 Å². The Morgan fingerprint density at radius 1 is 1.31 bits per heavy atom. The van der Waals surface area contributed by atoms with Gasteiger partial charge in [0.05, 0.1) is 13.2 Å². The molecule has 6 heteroatoms. The fourth-order valence-electron chi connectivity index (χ4n) is 1.22. The standard InChI is InChI=1S/C7H12N4OS/c8-5-6(9)13-7(10-5)11-1-3-12-4-2-11/h1-4,8-9H2. The van der Waals surface area contributed by atoms with Gasteiger partial charge in [-0.3, -0.25) is 0 Å². The van der Waals surface area contributed by atoms with E-state index in [1.165, 1.54) is 11.3 Å². The van der Waals surface area contributed by atoms with Crippen molar-refractivity contribution >= 4 is 27.3 Å². The lowest BCUT2D eigenvalue weighted by Gasteiger charge is -2.25. The van der Waals surface area contributed by atoms with Crippen LogP contribution >= 0.6 is 11.3 Å². The van der Waals surface area contributed by atoms with Crippen LogP contribution in [0.5, 0.6) is 0 Å². The molecule has 1 aliphatic rings. The molecule has 1 saturated heterocycles. The van der Waals surface area contributed by atoms with Crippen LogP contribution in [0, 0.1) is 0 Å². The molecular formula is C7H12N4OS. The molecule has 72 valence electrons. The van der Waals surface area contributed by atoms with Crippen molar-refractivity contribution < 1.29 is 4.74 Å². The summed E-state index contributed by atoms with van der Waals surface area (Å²) < 4.78 is 5.23. The van der Waals surface area contributed by atoms with Crippen LogP contribution in [0.25, 0.3) is 0 Å². The van der Waals surface area contributed by atoms with Crippen LogP contribution in [0.3, 0.4) is 0 Å². The summed E-state index contributed by atoms with van der Waals surface area (Å²) in [5.74, 6) is 0.437. The van der Waals surface area contributed by atoms with Gasteiger partial charge in [-0.1, -0.05) is 11.3 Å². The Balaban J connectivity index is 2.14. The molecule has 0 amide bonds. The van der Waals surface area contributed by atoms with E-state index >= 15 is 0 Å². The van der Waals surface area contributed by atoms with Crippen LogP contribution in [0.1, 0.15) is 0 Å². The Morgan fingerprint density at radius 2 is 2.00 bits per heavy atom. The molecule has 5 nitrogen and oxygen atoms in total. The first-order chi connectivity index (χ1) is 6.27. The summed E-state index contributed by atoms with van der Waals surface area (Å²) in [6.07, 6.45) is 0. The third-order valence-electron chi connectivity index (χ3n) is 1.95. The molecule has 0 spiro atoms. The van der Waals surface area contributed by atoms with E-state index < -0.39 is 0 Å². The van der Waals surface area contributed by atoms with E-state index in [2.05, 4.69) is 9.88 Å². The molecule has 1 fully saturated rings. The molecule has 0 aromatic carbocycles. The number of aromatic nitrogens is 1. The SMILES string of the molecule is Nc1nc(N2CCOCC2)sc1N. The summed E-state index contributed by atoms with van der Waals surface area (Å²) in [6.45, 7) is 3.23. The number of ether oxygens (including phenoxy) is 1. The van der Waals surface area contributed by atoms with E-state index in [4.69, 9.17) is 16.2 Å². The van der Waals surface area contributed by atoms with Gasteiger partial charge in [-0.2, -0.15) is 0 Å². The molecule has 4 N–H and O–H groups in total. The highest BCUT2D eigenvalue weighted by Crippen LogP contribution is 2.30. The molecule has 2 rings (SSSR count). The zero-order valence-corrected chi connectivity index (χ0v) is 8.01. The number of anilines is 3. The first-order valence-corrected chi connectivity index (χ1v) is 4.93. The Bertz CT molecular complexity index is 275. The van der Waals surface area contributed by atoms with Gasteiger partial charge < -0.3 is 21.1 Å². The van der Waals surface area contributed by atoms with Crippen molar-refractivity contribution in [1.29, 1.82) is 0 Å². The summed E-state index contributed by atoms with van der Waals surface area (Å²) in [6, 6.07) is 0. The van der Waals surface area contributed by atoms with Crippen molar-refractivity contribution in [2.24, 2.45) is 0 Å². The van der Waals surface area contributed by atoms with Crippen molar-refractivity contribution in [3.63, 3.8) is 0 Å². The van der Waals surface area contributed by atoms with Crippen LogP contribution < -0.4 is 16.4 Å². The van der Waals surface area contributed by atoms with Crippen LogP contribution in [0.4, 0.5) is 16.0 Å². The minimum Gasteiger partial charge on any atom is -0.387 e. The van der Waals surface area contributed by atoms with E-state index in [1.54, 1.807) is 0 Å². The summed E-state index contributed by atoms with van der Waals surface area (Å²) in [5.41, 5.74) is 11.2. The van der Waals surface area contributed by atoms with Gasteiger partial charge >= 0.3 is 0 Å². The predicted octanol–water partition coefficient (Wildman–Crippen LogP) is 0.144. The monoisotopic (exact) mass is 200 g/mol. The highest BCUT2D eigenvalue weighted by Gasteiger charge is 2.15. The largest absolute Gasteiger partial charge is 0.387 e. The molecular weight excluding hydrogens is 188 g/mol. The number of morpholine rings is 1. The maximum atomic E-state index is 5.62. The maximum Gasteiger partial charge on any atom is 0.189 e. The zero-order valence-electron chi connectivity index (χ0n) is 7.19. The van der Waals surface area contributed by atoms with Crippen molar-refractivity contribution in [1.82, 2.24) is 4.98 Å². The number of hydrogen-bond acceptors (Lipinski definition) is 6. The minimum atomic E-state index is 0.437. The van der Waals surface area contributed by atoms with Crippen molar-refractivity contribution in [2.75, 3.05) is 42.7 Å². The second-order valence-electron chi connectivity index (χ2n) is 2.85. The molecule has 0 atom stereocenters. The molecule has 0 aliphatic carbocycles. The Kier molecular flexibility index (Phi) is 2.24. The van der Waals surface area contributed by atoms with Crippen molar-refractivity contribution in [3.8, 4) is 0 Å². The Hall–Kier alpha value is -1.01. The van der Waals surface area contributed by atoms with E-state index in [0.717, 1.165) is 31.4 Å².